The minimum Gasteiger partial charge on any atom is -0.440 e. The molecule has 0 unspecified atom stereocenters. The van der Waals surface area contributed by atoms with Crippen molar-refractivity contribution in [3.63, 3.8) is 0 Å². The Bertz CT molecular complexity index is 555. The largest absolute Gasteiger partial charge is 0.440 e. The molecule has 3 rings (SSSR count). The fourth-order valence-electron chi connectivity index (χ4n) is 1.79. The Balaban J connectivity index is 2.11. The summed E-state index contributed by atoms with van der Waals surface area (Å²) in [6.45, 7) is 2.80. The van der Waals surface area contributed by atoms with Gasteiger partial charge in [-0.25, -0.2) is 9.97 Å². The first kappa shape index (κ1) is 9.29. The molecule has 1 aliphatic rings. The third-order valence-corrected chi connectivity index (χ3v) is 2.59. The van der Waals surface area contributed by atoms with Gasteiger partial charge in [0.2, 0.25) is 0 Å². The Labute approximate surface area is 91.1 Å². The normalized spacial score (nSPS) is 15.2. The predicted octanol–water partition coefficient (Wildman–Crippen LogP) is 0.659. The van der Waals surface area contributed by atoms with Gasteiger partial charge in [0.25, 0.3) is 0 Å². The number of aryl methyl sites for hydroxylation is 1. The van der Waals surface area contributed by atoms with Crippen LogP contribution >= 0.6 is 0 Å². The molecule has 0 aliphatic carbocycles. The van der Waals surface area contributed by atoms with Gasteiger partial charge in [0, 0.05) is 6.54 Å². The van der Waals surface area contributed by atoms with Gasteiger partial charge >= 0.3 is 0 Å². The number of carbonyl (C=O) groups excluding carboxylic acids is 1. The van der Waals surface area contributed by atoms with Crippen LogP contribution < -0.4 is 5.32 Å². The van der Waals surface area contributed by atoms with Crippen molar-refractivity contribution in [3.8, 4) is 11.6 Å². The van der Waals surface area contributed by atoms with E-state index in [2.05, 4.69) is 20.3 Å². The lowest BCUT2D eigenvalue weighted by Gasteiger charge is -2.08. The molecule has 0 atom stereocenters. The number of hydrogen-bond acceptors (Lipinski definition) is 5. The van der Waals surface area contributed by atoms with Gasteiger partial charge in [0.15, 0.2) is 23.8 Å². The SMILES string of the molecule is Cc1ncoc1-c1nc2c([nH]1)CNCC2=O. The van der Waals surface area contributed by atoms with Crippen LogP contribution in [-0.2, 0) is 6.54 Å². The lowest BCUT2D eigenvalue weighted by molar-refractivity contribution is 0.0977. The highest BCUT2D eigenvalue weighted by atomic mass is 16.3. The van der Waals surface area contributed by atoms with Crippen LogP contribution in [0.4, 0.5) is 0 Å². The number of Topliss-reactive ketones (excluding diaryl/α,β-unsaturated/α-hetero) is 1. The molecule has 0 amide bonds. The molecule has 6 heteroatoms. The molecular formula is C10H10N4O2. The average molecular weight is 218 g/mol. The number of nitrogens with zero attached hydrogens (tertiary/aromatic N) is 2. The van der Waals surface area contributed by atoms with Crippen LogP contribution in [0.1, 0.15) is 21.9 Å². The Hall–Kier alpha value is -1.95. The fraction of sp³-hybridized carbons (Fsp3) is 0.300. The maximum atomic E-state index is 11.6. The molecule has 0 aromatic carbocycles. The van der Waals surface area contributed by atoms with Crippen molar-refractivity contribution in [1.82, 2.24) is 20.3 Å². The van der Waals surface area contributed by atoms with Gasteiger partial charge in [-0.3, -0.25) is 4.79 Å². The van der Waals surface area contributed by atoms with Gasteiger partial charge in [0.1, 0.15) is 5.69 Å². The molecule has 1 aliphatic heterocycles. The zero-order valence-electron chi connectivity index (χ0n) is 8.70. The molecule has 2 aromatic heterocycles. The van der Waals surface area contributed by atoms with E-state index in [1.54, 1.807) is 0 Å². The number of carbonyl (C=O) groups is 1. The van der Waals surface area contributed by atoms with Crippen molar-refractivity contribution in [2.75, 3.05) is 6.54 Å². The predicted molar refractivity (Wildman–Crippen MR) is 54.9 cm³/mol. The topological polar surface area (TPSA) is 83.8 Å². The first-order valence-corrected chi connectivity index (χ1v) is 4.99. The minimum atomic E-state index is 0.000850. The van der Waals surface area contributed by atoms with Crippen molar-refractivity contribution >= 4 is 5.78 Å². The second-order valence-electron chi connectivity index (χ2n) is 3.71. The van der Waals surface area contributed by atoms with E-state index in [1.807, 2.05) is 6.92 Å². The van der Waals surface area contributed by atoms with Crippen LogP contribution in [0.15, 0.2) is 10.8 Å². The van der Waals surface area contributed by atoms with E-state index >= 15 is 0 Å². The summed E-state index contributed by atoms with van der Waals surface area (Å²) in [6.07, 6.45) is 1.37. The van der Waals surface area contributed by atoms with Crippen LogP contribution in [0.5, 0.6) is 0 Å². The molecule has 0 saturated carbocycles. The van der Waals surface area contributed by atoms with Crippen LogP contribution in [0.3, 0.4) is 0 Å². The van der Waals surface area contributed by atoms with Crippen LogP contribution in [0.25, 0.3) is 11.6 Å². The number of imidazole rings is 1. The molecule has 16 heavy (non-hydrogen) atoms. The molecule has 0 saturated heterocycles. The average Bonchev–Trinajstić information content (AvgIpc) is 2.84. The first-order valence-electron chi connectivity index (χ1n) is 4.99. The van der Waals surface area contributed by atoms with Crippen LogP contribution in [0, 0.1) is 6.92 Å². The minimum absolute atomic E-state index is 0.000850. The molecule has 0 fully saturated rings. The van der Waals surface area contributed by atoms with Crippen molar-refractivity contribution in [3.05, 3.63) is 23.5 Å². The zero-order valence-corrected chi connectivity index (χ0v) is 8.70. The maximum Gasteiger partial charge on any atom is 0.196 e. The van der Waals surface area contributed by atoms with Crippen molar-refractivity contribution in [2.24, 2.45) is 0 Å². The van der Waals surface area contributed by atoms with E-state index in [1.165, 1.54) is 6.39 Å². The quantitative estimate of drug-likeness (QED) is 0.734. The number of fused-ring (bicyclic) bond motifs is 1. The third-order valence-electron chi connectivity index (χ3n) is 2.59. The summed E-state index contributed by atoms with van der Waals surface area (Å²) in [7, 11) is 0. The Morgan fingerprint density at radius 1 is 1.44 bits per heavy atom. The molecule has 3 heterocycles. The number of H-pyrrole nitrogens is 1. The van der Waals surface area contributed by atoms with Gasteiger partial charge < -0.3 is 14.7 Å². The van der Waals surface area contributed by atoms with Gasteiger partial charge in [-0.05, 0) is 6.92 Å². The Kier molecular flexibility index (Phi) is 1.90. The third kappa shape index (κ3) is 1.27. The van der Waals surface area contributed by atoms with Crippen molar-refractivity contribution in [1.29, 1.82) is 0 Å². The number of ketones is 1. The Morgan fingerprint density at radius 3 is 3.00 bits per heavy atom. The van der Waals surface area contributed by atoms with Gasteiger partial charge in [-0.2, -0.15) is 0 Å². The maximum absolute atomic E-state index is 11.6. The van der Waals surface area contributed by atoms with Crippen LogP contribution in [-0.4, -0.2) is 27.3 Å². The fourth-order valence-corrected chi connectivity index (χ4v) is 1.79. The van der Waals surface area contributed by atoms with E-state index in [9.17, 15) is 4.79 Å². The van der Waals surface area contributed by atoms with Gasteiger partial charge in [-0.15, -0.1) is 0 Å². The monoisotopic (exact) mass is 218 g/mol. The van der Waals surface area contributed by atoms with Crippen molar-refractivity contribution in [2.45, 2.75) is 13.5 Å². The molecule has 82 valence electrons. The smallest absolute Gasteiger partial charge is 0.196 e. The summed E-state index contributed by atoms with van der Waals surface area (Å²) in [5.41, 5.74) is 2.07. The molecule has 0 radical (unpaired) electrons. The summed E-state index contributed by atoms with van der Waals surface area (Å²) >= 11 is 0. The number of nitrogens with one attached hydrogen (secondary N) is 2. The van der Waals surface area contributed by atoms with Crippen molar-refractivity contribution < 1.29 is 9.21 Å². The highest BCUT2D eigenvalue weighted by Crippen LogP contribution is 2.22. The summed E-state index contributed by atoms with van der Waals surface area (Å²) < 4.78 is 5.23. The van der Waals surface area contributed by atoms with E-state index in [0.29, 0.717) is 30.4 Å². The number of rotatable bonds is 1. The molecule has 6 nitrogen and oxygen atoms in total. The van der Waals surface area contributed by atoms with E-state index in [4.69, 9.17) is 4.42 Å². The highest BCUT2D eigenvalue weighted by Gasteiger charge is 2.23. The number of aromatic amines is 1. The molecule has 0 bridgehead atoms. The number of aromatic nitrogens is 3. The number of hydrogen-bond donors (Lipinski definition) is 2. The lowest BCUT2D eigenvalue weighted by Crippen LogP contribution is -2.29. The summed E-state index contributed by atoms with van der Waals surface area (Å²) in [4.78, 5) is 22.9. The Morgan fingerprint density at radius 2 is 2.31 bits per heavy atom. The highest BCUT2D eigenvalue weighted by molar-refractivity contribution is 5.98. The standard InChI is InChI=1S/C10H10N4O2/c1-5-9(16-4-12-5)10-13-6-2-11-3-7(15)8(6)14-10/h4,11H,2-3H2,1H3,(H,13,14). The molecular weight excluding hydrogens is 208 g/mol. The second kappa shape index (κ2) is 3.28. The van der Waals surface area contributed by atoms with E-state index in [0.717, 1.165) is 11.4 Å². The van der Waals surface area contributed by atoms with E-state index in [-0.39, 0.29) is 5.78 Å². The lowest BCUT2D eigenvalue weighted by atomic mass is 10.2. The first-order chi connectivity index (χ1) is 7.75. The second-order valence-corrected chi connectivity index (χ2v) is 3.71. The summed E-state index contributed by atoms with van der Waals surface area (Å²) in [5.74, 6) is 1.15. The summed E-state index contributed by atoms with van der Waals surface area (Å²) in [5, 5.41) is 3.00. The molecule has 2 aromatic rings. The zero-order chi connectivity index (χ0) is 11.1. The molecule has 2 N–H and O–H groups in total. The van der Waals surface area contributed by atoms with Crippen LogP contribution in [0.2, 0.25) is 0 Å². The van der Waals surface area contributed by atoms with E-state index < -0.39 is 0 Å². The summed E-state index contributed by atoms with van der Waals surface area (Å²) in [6, 6.07) is 0. The number of oxazole rings is 1. The van der Waals surface area contributed by atoms with Gasteiger partial charge in [-0.1, -0.05) is 0 Å². The molecule has 0 spiro atoms. The van der Waals surface area contributed by atoms with Gasteiger partial charge in [0.05, 0.1) is 17.9 Å².